The Balaban J connectivity index is 2.74. The lowest BCUT2D eigenvalue weighted by atomic mass is 10.2. The highest BCUT2D eigenvalue weighted by atomic mass is 32.1. The summed E-state index contributed by atoms with van der Waals surface area (Å²) in [5.41, 5.74) is 7.24. The molecule has 0 fully saturated rings. The van der Waals surface area contributed by atoms with Crippen LogP contribution in [0.15, 0.2) is 18.3 Å². The van der Waals surface area contributed by atoms with Gasteiger partial charge in [-0.3, -0.25) is 9.88 Å². The number of nitrogens with two attached hydrogens (primary N) is 1. The molecule has 0 spiro atoms. The van der Waals surface area contributed by atoms with Gasteiger partial charge in [-0.1, -0.05) is 12.2 Å². The number of hydrogen-bond acceptors (Lipinski definition) is 4. The van der Waals surface area contributed by atoms with Gasteiger partial charge in [0.25, 0.3) is 0 Å². The Hall–Kier alpha value is -1.04. The summed E-state index contributed by atoms with van der Waals surface area (Å²) in [5, 5.41) is 9.03. The number of pyridine rings is 1. The summed E-state index contributed by atoms with van der Waals surface area (Å²) in [7, 11) is 1.96. The highest BCUT2D eigenvalue weighted by molar-refractivity contribution is 7.80. The van der Waals surface area contributed by atoms with Crippen molar-refractivity contribution in [2.24, 2.45) is 5.73 Å². The molecule has 0 bridgehead atoms. The highest BCUT2D eigenvalue weighted by Crippen LogP contribution is 2.07. The Kier molecular flexibility index (Phi) is 4.79. The van der Waals surface area contributed by atoms with E-state index in [4.69, 9.17) is 23.1 Å². The van der Waals surface area contributed by atoms with Crippen molar-refractivity contribution in [1.29, 1.82) is 0 Å². The molecule has 0 amide bonds. The first-order valence-electron chi connectivity index (χ1n) is 5.10. The number of aromatic nitrogens is 1. The second-order valence-electron chi connectivity index (χ2n) is 3.86. The molecule has 0 aliphatic heterocycles. The topological polar surface area (TPSA) is 62.4 Å². The summed E-state index contributed by atoms with van der Waals surface area (Å²) in [6.45, 7) is 2.85. The zero-order valence-electron chi connectivity index (χ0n) is 9.55. The maximum absolute atomic E-state index is 9.03. The maximum atomic E-state index is 9.03. The number of aliphatic hydroxyl groups excluding tert-OH is 1. The van der Waals surface area contributed by atoms with E-state index in [9.17, 15) is 0 Å². The van der Waals surface area contributed by atoms with Crippen molar-refractivity contribution in [2.75, 3.05) is 13.7 Å². The number of nitrogens with zero attached hydrogens (tertiary/aromatic N) is 2. The summed E-state index contributed by atoms with van der Waals surface area (Å²) >= 11 is 4.87. The van der Waals surface area contributed by atoms with Gasteiger partial charge in [-0.2, -0.15) is 0 Å². The average Bonchev–Trinajstić information content (AvgIpc) is 2.28. The monoisotopic (exact) mass is 239 g/mol. The first-order chi connectivity index (χ1) is 7.54. The van der Waals surface area contributed by atoms with E-state index in [1.54, 1.807) is 6.20 Å². The van der Waals surface area contributed by atoms with Crippen LogP contribution in [-0.4, -0.2) is 39.7 Å². The molecule has 3 N–H and O–H groups in total. The fourth-order valence-electron chi connectivity index (χ4n) is 1.29. The molecule has 88 valence electrons. The SMILES string of the molecule is CC(CO)N(C)Cc1ccnc(C(N)=S)c1. The lowest BCUT2D eigenvalue weighted by Crippen LogP contribution is -2.31. The van der Waals surface area contributed by atoms with Gasteiger partial charge in [-0.15, -0.1) is 0 Å². The van der Waals surface area contributed by atoms with Gasteiger partial charge >= 0.3 is 0 Å². The Morgan fingerprint density at radius 1 is 1.69 bits per heavy atom. The molecule has 1 unspecified atom stereocenters. The lowest BCUT2D eigenvalue weighted by molar-refractivity contribution is 0.154. The standard InChI is InChI=1S/C11H17N3OS/c1-8(7-15)14(2)6-9-3-4-13-10(5-9)11(12)16/h3-5,8,15H,6-7H2,1-2H3,(H2,12,16). The Bertz CT molecular complexity index is 370. The van der Waals surface area contributed by atoms with Crippen LogP contribution in [0.5, 0.6) is 0 Å². The molecule has 0 aliphatic rings. The van der Waals surface area contributed by atoms with Crippen molar-refractivity contribution < 1.29 is 5.11 Å². The minimum absolute atomic E-state index is 0.126. The molecule has 4 nitrogen and oxygen atoms in total. The Morgan fingerprint density at radius 3 is 2.94 bits per heavy atom. The molecule has 1 heterocycles. The largest absolute Gasteiger partial charge is 0.395 e. The van der Waals surface area contributed by atoms with Crippen molar-refractivity contribution in [3.63, 3.8) is 0 Å². The van der Waals surface area contributed by atoms with Crippen LogP contribution < -0.4 is 5.73 Å². The quantitative estimate of drug-likeness (QED) is 0.734. The molecular weight excluding hydrogens is 222 g/mol. The molecule has 16 heavy (non-hydrogen) atoms. The molecule has 5 heteroatoms. The van der Waals surface area contributed by atoms with E-state index in [1.807, 2.05) is 26.1 Å². The molecule has 1 aromatic heterocycles. The smallest absolute Gasteiger partial charge is 0.122 e. The third-order valence-electron chi connectivity index (χ3n) is 2.53. The molecule has 0 saturated heterocycles. The van der Waals surface area contributed by atoms with E-state index in [0.29, 0.717) is 10.7 Å². The summed E-state index contributed by atoms with van der Waals surface area (Å²) in [6.07, 6.45) is 1.70. The molecule has 0 aromatic carbocycles. The average molecular weight is 239 g/mol. The fraction of sp³-hybridized carbons (Fsp3) is 0.455. The van der Waals surface area contributed by atoms with E-state index in [1.165, 1.54) is 0 Å². The van der Waals surface area contributed by atoms with Gasteiger partial charge in [0.2, 0.25) is 0 Å². The number of rotatable bonds is 5. The van der Waals surface area contributed by atoms with Crippen molar-refractivity contribution in [1.82, 2.24) is 9.88 Å². The second kappa shape index (κ2) is 5.89. The van der Waals surface area contributed by atoms with E-state index in [2.05, 4.69) is 9.88 Å². The maximum Gasteiger partial charge on any atom is 0.122 e. The van der Waals surface area contributed by atoms with Crippen LogP contribution in [0, 0.1) is 0 Å². The minimum atomic E-state index is 0.126. The van der Waals surface area contributed by atoms with Gasteiger partial charge in [-0.25, -0.2) is 0 Å². The van der Waals surface area contributed by atoms with E-state index < -0.39 is 0 Å². The predicted octanol–water partition coefficient (Wildman–Crippen LogP) is 0.528. The summed E-state index contributed by atoms with van der Waals surface area (Å²) in [6, 6.07) is 3.92. The van der Waals surface area contributed by atoms with Gasteiger partial charge in [0.1, 0.15) is 4.99 Å². The number of aliphatic hydroxyl groups is 1. The van der Waals surface area contributed by atoms with Crippen LogP contribution in [0.4, 0.5) is 0 Å². The predicted molar refractivity (Wildman–Crippen MR) is 68.1 cm³/mol. The molecular formula is C11H17N3OS. The van der Waals surface area contributed by atoms with Crippen LogP contribution in [0.3, 0.4) is 0 Å². The van der Waals surface area contributed by atoms with Gasteiger partial charge in [-0.05, 0) is 31.7 Å². The summed E-state index contributed by atoms with van der Waals surface area (Å²) in [5.74, 6) is 0. The fourth-order valence-corrected chi connectivity index (χ4v) is 1.40. The van der Waals surface area contributed by atoms with Crippen LogP contribution in [-0.2, 0) is 6.54 Å². The molecule has 0 radical (unpaired) electrons. The van der Waals surface area contributed by atoms with Gasteiger partial charge in [0.15, 0.2) is 0 Å². The number of likely N-dealkylation sites (N-methyl/N-ethyl adjacent to an activating group) is 1. The van der Waals surface area contributed by atoms with E-state index in [-0.39, 0.29) is 12.6 Å². The third-order valence-corrected chi connectivity index (χ3v) is 2.73. The van der Waals surface area contributed by atoms with Crippen molar-refractivity contribution >= 4 is 17.2 Å². The van der Waals surface area contributed by atoms with Crippen LogP contribution >= 0.6 is 12.2 Å². The molecule has 1 aromatic rings. The van der Waals surface area contributed by atoms with Gasteiger partial charge < -0.3 is 10.8 Å². The van der Waals surface area contributed by atoms with E-state index in [0.717, 1.165) is 12.1 Å². The summed E-state index contributed by atoms with van der Waals surface area (Å²) < 4.78 is 0. The zero-order valence-corrected chi connectivity index (χ0v) is 10.4. The lowest BCUT2D eigenvalue weighted by Gasteiger charge is -2.22. The molecule has 1 atom stereocenters. The Labute approximate surface area is 101 Å². The van der Waals surface area contributed by atoms with Gasteiger partial charge in [0.05, 0.1) is 12.3 Å². The number of hydrogen-bond donors (Lipinski definition) is 2. The normalized spacial score (nSPS) is 12.8. The highest BCUT2D eigenvalue weighted by Gasteiger charge is 2.09. The number of thiocarbonyl (C=S) groups is 1. The van der Waals surface area contributed by atoms with Crippen LogP contribution in [0.2, 0.25) is 0 Å². The van der Waals surface area contributed by atoms with Gasteiger partial charge in [0, 0.05) is 18.8 Å². The first-order valence-corrected chi connectivity index (χ1v) is 5.51. The first kappa shape index (κ1) is 13.0. The molecule has 0 saturated carbocycles. The Morgan fingerprint density at radius 2 is 2.38 bits per heavy atom. The van der Waals surface area contributed by atoms with Crippen LogP contribution in [0.25, 0.3) is 0 Å². The third kappa shape index (κ3) is 3.52. The second-order valence-corrected chi connectivity index (χ2v) is 4.30. The van der Waals surface area contributed by atoms with Crippen molar-refractivity contribution in [2.45, 2.75) is 19.5 Å². The van der Waals surface area contributed by atoms with Crippen LogP contribution in [0.1, 0.15) is 18.2 Å². The van der Waals surface area contributed by atoms with E-state index >= 15 is 0 Å². The summed E-state index contributed by atoms with van der Waals surface area (Å²) in [4.78, 5) is 6.44. The minimum Gasteiger partial charge on any atom is -0.395 e. The van der Waals surface area contributed by atoms with Crippen molar-refractivity contribution in [3.05, 3.63) is 29.6 Å². The molecule has 1 rings (SSSR count). The molecule has 0 aliphatic carbocycles. The zero-order chi connectivity index (χ0) is 12.1. The van der Waals surface area contributed by atoms with Crippen molar-refractivity contribution in [3.8, 4) is 0 Å².